The quantitative estimate of drug-likeness (QED) is 0.315. The molecule has 0 amide bonds. The molecule has 1 aliphatic rings. The van der Waals surface area contributed by atoms with Gasteiger partial charge in [-0.05, 0) is 58.3 Å². The average molecular weight is 395 g/mol. The van der Waals surface area contributed by atoms with Gasteiger partial charge in [-0.2, -0.15) is 20.5 Å². The Morgan fingerprint density at radius 2 is 1.39 bits per heavy atom. The minimum Gasteiger partial charge on any atom is -0.466 e. The summed E-state index contributed by atoms with van der Waals surface area (Å²) in [5, 5.41) is 15.0. The highest BCUT2D eigenvalue weighted by molar-refractivity contribution is 5.70. The number of hydrogen-bond donors (Lipinski definition) is 4. The van der Waals surface area contributed by atoms with Gasteiger partial charge < -0.3 is 4.74 Å². The van der Waals surface area contributed by atoms with Crippen LogP contribution in [0.1, 0.15) is 77.6 Å². The highest BCUT2D eigenvalue weighted by Crippen LogP contribution is 2.32. The maximum atomic E-state index is 12.1. The Hall–Kier alpha value is -2.13. The minimum atomic E-state index is -0.827. The van der Waals surface area contributed by atoms with Gasteiger partial charge in [-0.15, -0.1) is 0 Å². The van der Waals surface area contributed by atoms with Crippen LogP contribution in [0.2, 0.25) is 0 Å². The number of hydrogen-bond acceptors (Lipinski definition) is 10. The molecule has 0 bridgehead atoms. The molecule has 1 rings (SSSR count). The summed E-state index contributed by atoms with van der Waals surface area (Å²) < 4.78 is 5.08. The lowest BCUT2D eigenvalue weighted by atomic mass is 9.82. The molecule has 0 aromatic heterocycles. The van der Waals surface area contributed by atoms with Crippen LogP contribution in [0, 0.1) is 22.1 Å². The van der Waals surface area contributed by atoms with E-state index >= 15 is 0 Å². The fraction of sp³-hybridized carbons (Fsp3) is 0.944. The molecule has 1 aliphatic carbocycles. The number of ether oxygens (including phenoxy) is 1. The molecule has 0 saturated heterocycles. The summed E-state index contributed by atoms with van der Waals surface area (Å²) in [5.74, 6) is -0.355. The fourth-order valence-corrected chi connectivity index (χ4v) is 3.79. The van der Waals surface area contributed by atoms with Crippen molar-refractivity contribution < 1.29 is 9.53 Å². The third-order valence-electron chi connectivity index (χ3n) is 5.60. The van der Waals surface area contributed by atoms with Gasteiger partial charge in [-0.25, -0.2) is 22.1 Å². The predicted molar refractivity (Wildman–Crippen MR) is 102 cm³/mol. The van der Waals surface area contributed by atoms with Crippen molar-refractivity contribution in [3.63, 3.8) is 0 Å². The molecular formula is C18H34N8O2. The van der Waals surface area contributed by atoms with Crippen molar-refractivity contribution in [3.05, 3.63) is 0 Å². The lowest BCUT2D eigenvalue weighted by Gasteiger charge is -2.29. The molecule has 10 heteroatoms. The third-order valence-corrected chi connectivity index (χ3v) is 5.60. The molecule has 4 unspecified atom stereocenters. The first-order chi connectivity index (χ1) is 13.5. The zero-order chi connectivity index (χ0) is 20.8. The van der Waals surface area contributed by atoms with Crippen LogP contribution < -0.4 is 0 Å². The summed E-state index contributed by atoms with van der Waals surface area (Å²) in [6, 6.07) is -0.454. The molecule has 4 N–H and O–H groups in total. The lowest BCUT2D eigenvalue weighted by molar-refractivity contribution is -0.144. The van der Waals surface area contributed by atoms with Gasteiger partial charge in [-0.3, -0.25) is 4.79 Å². The molecule has 0 radical (unpaired) electrons. The molecule has 0 aromatic carbocycles. The van der Waals surface area contributed by atoms with Crippen molar-refractivity contribution in [2.24, 2.45) is 20.5 Å². The standard InChI is InChI=1S/C18H34N8O2/c1-2-28-17(27)13-18(26-22)11-4-3-5-14(23-19)6-7-15(24-20)8-9-16(25-21)10-12-18/h14-16,19-22H,2-13H2,1H3. The first-order valence-corrected chi connectivity index (χ1v) is 10.2. The van der Waals surface area contributed by atoms with Crippen molar-refractivity contribution >= 4 is 5.97 Å². The van der Waals surface area contributed by atoms with E-state index in [0.29, 0.717) is 38.7 Å². The number of nitrogens with zero attached hydrogens (tertiary/aromatic N) is 4. The van der Waals surface area contributed by atoms with Crippen molar-refractivity contribution in [3.8, 4) is 0 Å². The van der Waals surface area contributed by atoms with Crippen molar-refractivity contribution in [2.45, 2.75) is 101 Å². The van der Waals surface area contributed by atoms with E-state index in [1.807, 2.05) is 0 Å². The number of esters is 1. The van der Waals surface area contributed by atoms with Crippen molar-refractivity contribution in [1.82, 2.24) is 0 Å². The number of carbonyl (C=O) groups is 1. The van der Waals surface area contributed by atoms with Crippen LogP contribution in [0.4, 0.5) is 0 Å². The second-order valence-electron chi connectivity index (χ2n) is 7.61. The lowest BCUT2D eigenvalue weighted by Crippen LogP contribution is -2.32. The molecule has 0 spiro atoms. The molecule has 4 atom stereocenters. The van der Waals surface area contributed by atoms with E-state index in [2.05, 4.69) is 20.5 Å². The summed E-state index contributed by atoms with van der Waals surface area (Å²) in [7, 11) is 0. The number of nitrogens with one attached hydrogen (secondary N) is 4. The van der Waals surface area contributed by atoms with E-state index in [-0.39, 0.29) is 30.5 Å². The maximum Gasteiger partial charge on any atom is 0.308 e. The van der Waals surface area contributed by atoms with Crippen LogP contribution in [0.15, 0.2) is 20.5 Å². The monoisotopic (exact) mass is 394 g/mol. The third kappa shape index (κ3) is 8.26. The Morgan fingerprint density at radius 1 is 0.857 bits per heavy atom. The fourth-order valence-electron chi connectivity index (χ4n) is 3.79. The van der Waals surface area contributed by atoms with Gasteiger partial charge in [0.2, 0.25) is 0 Å². The highest BCUT2D eigenvalue weighted by atomic mass is 16.5. The van der Waals surface area contributed by atoms with Gasteiger partial charge in [0.15, 0.2) is 0 Å². The van der Waals surface area contributed by atoms with E-state index in [1.54, 1.807) is 6.92 Å². The van der Waals surface area contributed by atoms with E-state index in [0.717, 1.165) is 32.1 Å². The SMILES string of the molecule is CCOC(=O)CC1(N=N)CCCCC(N=N)CCC(N=N)CCC(N=N)CC1. The zero-order valence-electron chi connectivity index (χ0n) is 16.8. The van der Waals surface area contributed by atoms with E-state index in [1.165, 1.54) is 0 Å². The van der Waals surface area contributed by atoms with Gasteiger partial charge in [0.05, 0.1) is 36.7 Å². The summed E-state index contributed by atoms with van der Waals surface area (Å²) in [4.78, 5) is 12.1. The molecule has 1 saturated carbocycles. The molecule has 158 valence electrons. The number of carbonyl (C=O) groups excluding carboxylic acids is 1. The van der Waals surface area contributed by atoms with Gasteiger partial charge in [0.25, 0.3) is 0 Å². The second-order valence-corrected chi connectivity index (χ2v) is 7.61. The van der Waals surface area contributed by atoms with Gasteiger partial charge in [0, 0.05) is 0 Å². The molecular weight excluding hydrogens is 360 g/mol. The average Bonchev–Trinajstić information content (AvgIpc) is 2.70. The van der Waals surface area contributed by atoms with Crippen LogP contribution >= 0.6 is 0 Å². The Morgan fingerprint density at radius 3 is 1.89 bits per heavy atom. The molecule has 0 aliphatic heterocycles. The smallest absolute Gasteiger partial charge is 0.308 e. The predicted octanol–water partition coefficient (Wildman–Crippen LogP) is 5.82. The largest absolute Gasteiger partial charge is 0.466 e. The number of rotatable bonds is 7. The summed E-state index contributed by atoms with van der Waals surface area (Å²) in [6.45, 7) is 2.05. The van der Waals surface area contributed by atoms with E-state index in [9.17, 15) is 4.79 Å². The molecule has 0 aromatic rings. The van der Waals surface area contributed by atoms with Crippen LogP contribution in [0.3, 0.4) is 0 Å². The summed E-state index contributed by atoms with van der Waals surface area (Å²) in [5.41, 5.74) is 29.2. The van der Waals surface area contributed by atoms with Crippen molar-refractivity contribution in [2.75, 3.05) is 6.61 Å². The molecule has 1 fully saturated rings. The summed E-state index contributed by atoms with van der Waals surface area (Å²) >= 11 is 0. The van der Waals surface area contributed by atoms with Crippen LogP contribution in [-0.2, 0) is 9.53 Å². The molecule has 0 heterocycles. The van der Waals surface area contributed by atoms with Crippen molar-refractivity contribution in [1.29, 1.82) is 22.1 Å². The summed E-state index contributed by atoms with van der Waals surface area (Å²) in [6.07, 6.45) is 6.83. The van der Waals surface area contributed by atoms with Gasteiger partial charge in [0.1, 0.15) is 0 Å². The Balaban J connectivity index is 2.94. The highest BCUT2D eigenvalue weighted by Gasteiger charge is 2.34. The van der Waals surface area contributed by atoms with Gasteiger partial charge in [-0.1, -0.05) is 12.8 Å². The Kier molecular flexibility index (Phi) is 11.2. The topological polar surface area (TPSA) is 171 Å². The van der Waals surface area contributed by atoms with Crippen LogP contribution in [0.5, 0.6) is 0 Å². The Bertz CT molecular complexity index is 530. The Labute approximate surface area is 166 Å². The second kappa shape index (κ2) is 13.1. The van der Waals surface area contributed by atoms with Crippen LogP contribution in [-0.4, -0.2) is 36.2 Å². The first-order valence-electron chi connectivity index (χ1n) is 10.2. The van der Waals surface area contributed by atoms with E-state index in [4.69, 9.17) is 26.9 Å². The maximum absolute atomic E-state index is 12.1. The molecule has 10 nitrogen and oxygen atoms in total. The minimum absolute atomic E-state index is 0.0615. The van der Waals surface area contributed by atoms with E-state index < -0.39 is 5.54 Å². The van der Waals surface area contributed by atoms with Crippen LogP contribution in [0.25, 0.3) is 0 Å². The normalized spacial score (nSPS) is 30.4. The first kappa shape index (κ1) is 23.9. The van der Waals surface area contributed by atoms with Gasteiger partial charge >= 0.3 is 5.97 Å². The zero-order valence-corrected chi connectivity index (χ0v) is 16.8. The molecule has 28 heavy (non-hydrogen) atoms.